The summed E-state index contributed by atoms with van der Waals surface area (Å²) in [6.07, 6.45) is 0. The van der Waals surface area contributed by atoms with Crippen LogP contribution in [-0.2, 0) is 11.3 Å². The highest BCUT2D eigenvalue weighted by atomic mass is 16.5. The van der Waals surface area contributed by atoms with Gasteiger partial charge in [-0.15, -0.1) is 0 Å². The van der Waals surface area contributed by atoms with Crippen molar-refractivity contribution in [3.8, 4) is 0 Å². The minimum absolute atomic E-state index is 0.552. The monoisotopic (exact) mass is 221 g/mol. The Morgan fingerprint density at radius 3 is 2.31 bits per heavy atom. The number of benzene rings is 1. The van der Waals surface area contributed by atoms with Crippen LogP contribution in [0.15, 0.2) is 24.3 Å². The molecule has 0 fully saturated rings. The molecule has 1 rings (SSSR count). The minimum Gasteiger partial charge on any atom is -0.383 e. The molecule has 0 atom stereocenters. The Kier molecular flexibility index (Phi) is 5.50. The Bertz CT molecular complexity index is 292. The third kappa shape index (κ3) is 4.33. The van der Waals surface area contributed by atoms with Crippen LogP contribution in [0.2, 0.25) is 0 Å². The summed E-state index contributed by atoms with van der Waals surface area (Å²) in [7, 11) is 1.75. The molecule has 0 saturated carbocycles. The van der Waals surface area contributed by atoms with Gasteiger partial charge in [-0.2, -0.15) is 0 Å². The molecular weight excluding hydrogens is 198 g/mol. The molecule has 0 aromatic heterocycles. The van der Waals surface area contributed by atoms with Crippen LogP contribution in [0.4, 0.5) is 0 Å². The number of hydrogen-bond acceptors (Lipinski definition) is 2. The lowest BCUT2D eigenvalue weighted by molar-refractivity contribution is 0.125. The molecule has 0 unspecified atom stereocenters. The van der Waals surface area contributed by atoms with Gasteiger partial charge in [0.1, 0.15) is 0 Å². The van der Waals surface area contributed by atoms with E-state index in [1.807, 2.05) is 0 Å². The van der Waals surface area contributed by atoms with Crippen molar-refractivity contribution in [1.29, 1.82) is 0 Å². The van der Waals surface area contributed by atoms with Gasteiger partial charge in [-0.1, -0.05) is 29.8 Å². The van der Waals surface area contributed by atoms with Crippen LogP contribution in [-0.4, -0.2) is 31.2 Å². The van der Waals surface area contributed by atoms with E-state index in [4.69, 9.17) is 4.74 Å². The van der Waals surface area contributed by atoms with Crippen LogP contribution in [0.1, 0.15) is 25.0 Å². The molecule has 2 heteroatoms. The van der Waals surface area contributed by atoms with Gasteiger partial charge < -0.3 is 4.74 Å². The number of ether oxygens (including phenoxy) is 1. The zero-order valence-electron chi connectivity index (χ0n) is 10.9. The molecule has 0 aliphatic heterocycles. The largest absolute Gasteiger partial charge is 0.383 e. The van der Waals surface area contributed by atoms with E-state index < -0.39 is 0 Å². The first-order valence-electron chi connectivity index (χ1n) is 5.92. The van der Waals surface area contributed by atoms with Crippen LogP contribution in [0, 0.1) is 6.92 Å². The first-order chi connectivity index (χ1) is 7.63. The van der Waals surface area contributed by atoms with E-state index in [0.29, 0.717) is 6.04 Å². The van der Waals surface area contributed by atoms with Crippen molar-refractivity contribution in [3.05, 3.63) is 35.4 Å². The van der Waals surface area contributed by atoms with E-state index in [1.165, 1.54) is 11.1 Å². The number of aryl methyl sites for hydroxylation is 1. The second-order valence-electron chi connectivity index (χ2n) is 4.54. The van der Waals surface area contributed by atoms with E-state index in [9.17, 15) is 0 Å². The van der Waals surface area contributed by atoms with Gasteiger partial charge in [0.15, 0.2) is 0 Å². The first kappa shape index (κ1) is 13.2. The Balaban J connectivity index is 2.57. The van der Waals surface area contributed by atoms with Crippen molar-refractivity contribution < 1.29 is 4.74 Å². The summed E-state index contributed by atoms with van der Waals surface area (Å²) in [5.41, 5.74) is 2.69. The molecule has 16 heavy (non-hydrogen) atoms. The van der Waals surface area contributed by atoms with Crippen molar-refractivity contribution >= 4 is 0 Å². The number of hydrogen-bond donors (Lipinski definition) is 0. The predicted octanol–water partition coefficient (Wildman–Crippen LogP) is 2.85. The first-order valence-corrected chi connectivity index (χ1v) is 5.92. The Morgan fingerprint density at radius 1 is 1.19 bits per heavy atom. The fourth-order valence-electron chi connectivity index (χ4n) is 1.66. The van der Waals surface area contributed by atoms with E-state index in [2.05, 4.69) is 49.9 Å². The van der Waals surface area contributed by atoms with Gasteiger partial charge in [-0.3, -0.25) is 4.90 Å². The second kappa shape index (κ2) is 6.66. The molecule has 0 N–H and O–H groups in total. The highest BCUT2D eigenvalue weighted by Crippen LogP contribution is 2.09. The second-order valence-corrected chi connectivity index (χ2v) is 4.54. The summed E-state index contributed by atoms with van der Waals surface area (Å²) < 4.78 is 5.14. The standard InChI is InChI=1S/C14H23NO/c1-12(2)15(9-10-16-4)11-14-7-5-13(3)6-8-14/h5-8,12H,9-11H2,1-4H3. The van der Waals surface area contributed by atoms with E-state index in [-0.39, 0.29) is 0 Å². The normalized spacial score (nSPS) is 11.4. The molecule has 1 aromatic rings. The van der Waals surface area contributed by atoms with Gasteiger partial charge in [-0.25, -0.2) is 0 Å². The zero-order valence-corrected chi connectivity index (χ0v) is 10.9. The molecule has 0 aliphatic carbocycles. The molecule has 90 valence electrons. The average Bonchev–Trinajstić information content (AvgIpc) is 2.26. The van der Waals surface area contributed by atoms with E-state index >= 15 is 0 Å². The maximum atomic E-state index is 5.14. The highest BCUT2D eigenvalue weighted by molar-refractivity contribution is 5.21. The predicted molar refractivity (Wildman–Crippen MR) is 68.6 cm³/mol. The zero-order chi connectivity index (χ0) is 12.0. The molecule has 0 amide bonds. The van der Waals surface area contributed by atoms with Crippen molar-refractivity contribution in [1.82, 2.24) is 4.90 Å². The number of nitrogens with zero attached hydrogens (tertiary/aromatic N) is 1. The fourth-order valence-corrected chi connectivity index (χ4v) is 1.66. The van der Waals surface area contributed by atoms with Gasteiger partial charge in [0.05, 0.1) is 6.61 Å². The van der Waals surface area contributed by atoms with Crippen LogP contribution < -0.4 is 0 Å². The quantitative estimate of drug-likeness (QED) is 0.732. The third-order valence-electron chi connectivity index (χ3n) is 2.82. The van der Waals surface area contributed by atoms with Gasteiger partial charge in [0.25, 0.3) is 0 Å². The molecule has 2 nitrogen and oxygen atoms in total. The van der Waals surface area contributed by atoms with Crippen LogP contribution in [0.3, 0.4) is 0 Å². The van der Waals surface area contributed by atoms with Crippen molar-refractivity contribution in [2.75, 3.05) is 20.3 Å². The smallest absolute Gasteiger partial charge is 0.0589 e. The summed E-state index contributed by atoms with van der Waals surface area (Å²) >= 11 is 0. The lowest BCUT2D eigenvalue weighted by Crippen LogP contribution is -2.33. The lowest BCUT2D eigenvalue weighted by atomic mass is 10.1. The lowest BCUT2D eigenvalue weighted by Gasteiger charge is -2.26. The summed E-state index contributed by atoms with van der Waals surface area (Å²) in [6, 6.07) is 9.31. The molecule has 0 heterocycles. The van der Waals surface area contributed by atoms with Crippen LogP contribution in [0.25, 0.3) is 0 Å². The summed E-state index contributed by atoms with van der Waals surface area (Å²) in [6.45, 7) is 9.36. The van der Waals surface area contributed by atoms with E-state index in [0.717, 1.165) is 19.7 Å². The molecule has 0 radical (unpaired) electrons. The molecule has 1 aromatic carbocycles. The topological polar surface area (TPSA) is 12.5 Å². The SMILES string of the molecule is COCCN(Cc1ccc(C)cc1)C(C)C. The minimum atomic E-state index is 0.552. The fraction of sp³-hybridized carbons (Fsp3) is 0.571. The number of methoxy groups -OCH3 is 1. The number of rotatable bonds is 6. The highest BCUT2D eigenvalue weighted by Gasteiger charge is 2.09. The van der Waals surface area contributed by atoms with Gasteiger partial charge in [0.2, 0.25) is 0 Å². The summed E-state index contributed by atoms with van der Waals surface area (Å²) in [5, 5.41) is 0. The van der Waals surface area contributed by atoms with E-state index in [1.54, 1.807) is 7.11 Å². The Morgan fingerprint density at radius 2 is 1.81 bits per heavy atom. The Labute approximate surface area is 99.2 Å². The molecule has 0 bridgehead atoms. The molecule has 0 aliphatic rings. The summed E-state index contributed by atoms with van der Waals surface area (Å²) in [4.78, 5) is 2.42. The third-order valence-corrected chi connectivity index (χ3v) is 2.82. The summed E-state index contributed by atoms with van der Waals surface area (Å²) in [5.74, 6) is 0. The molecule has 0 spiro atoms. The van der Waals surface area contributed by atoms with Gasteiger partial charge in [0, 0.05) is 26.2 Å². The molecular formula is C14H23NO. The van der Waals surface area contributed by atoms with Gasteiger partial charge in [-0.05, 0) is 26.3 Å². The van der Waals surface area contributed by atoms with Crippen LogP contribution >= 0.6 is 0 Å². The van der Waals surface area contributed by atoms with Crippen molar-refractivity contribution in [3.63, 3.8) is 0 Å². The Hall–Kier alpha value is -0.860. The molecule has 0 saturated heterocycles. The van der Waals surface area contributed by atoms with Crippen molar-refractivity contribution in [2.45, 2.75) is 33.4 Å². The van der Waals surface area contributed by atoms with Crippen molar-refractivity contribution in [2.24, 2.45) is 0 Å². The maximum absolute atomic E-state index is 5.14. The van der Waals surface area contributed by atoms with Crippen LogP contribution in [0.5, 0.6) is 0 Å². The average molecular weight is 221 g/mol. The van der Waals surface area contributed by atoms with Gasteiger partial charge >= 0.3 is 0 Å². The maximum Gasteiger partial charge on any atom is 0.0589 e.